The van der Waals surface area contributed by atoms with Gasteiger partial charge in [0.2, 0.25) is 0 Å². The van der Waals surface area contributed by atoms with Crippen molar-refractivity contribution in [3.05, 3.63) is 22.4 Å². The van der Waals surface area contributed by atoms with Crippen LogP contribution in [-0.2, 0) is 10.8 Å². The predicted molar refractivity (Wildman–Crippen MR) is 72.4 cm³/mol. The average Bonchev–Trinajstić information content (AvgIpc) is 3.31. The molecule has 0 N–H and O–H groups in total. The quantitative estimate of drug-likeness (QED) is 0.746. The van der Waals surface area contributed by atoms with Crippen LogP contribution in [0, 0.1) is 0 Å². The Morgan fingerprint density at radius 3 is 2.11 bits per heavy atom. The standard InChI is InChI=1S/C11H12NS.C5H5.Fe/c1-12(2)10-6-3-5-9(10)11-7-4-8-13-11;1-2-4-5-3-1;/h3-8H,1-2H3;1-5H;. The SMILES string of the molecule is CN(C)[C]12[CH]3[CH]4[CH]5[C]1(c1cccs1)[Fe]45321678[CH]2[CH]1[CH]6[CH]7[CH]28. The minimum atomic E-state index is -3.13. The first-order chi connectivity index (χ1) is 8.99. The second-order valence-electron chi connectivity index (χ2n) is 11.6. The Hall–Kier alpha value is 0.179. The maximum absolute atomic E-state index is 3.13. The molecule has 10 aliphatic heterocycles. The molecule has 3 heteroatoms. The monoisotopic (exact) mass is 311 g/mol. The molecule has 1 aromatic heterocycles. The van der Waals surface area contributed by atoms with Crippen LogP contribution in [0.1, 0.15) is 4.88 Å². The summed E-state index contributed by atoms with van der Waals surface area (Å²) >= 11 is 2.15. The Kier molecular flexibility index (Phi) is 0.253. The van der Waals surface area contributed by atoms with Gasteiger partial charge in [0.25, 0.3) is 0 Å². The molecule has 0 amide bonds. The Labute approximate surface area is 106 Å². The van der Waals surface area contributed by atoms with Crippen LogP contribution in [0.15, 0.2) is 17.5 Å². The Bertz CT molecular complexity index is 1150. The summed E-state index contributed by atoms with van der Waals surface area (Å²) in [7, 11) is 4.97. The van der Waals surface area contributed by atoms with Gasteiger partial charge in [0.05, 0.1) is 0 Å². The van der Waals surface area contributed by atoms with E-state index in [0.717, 1.165) is 8.75 Å². The van der Waals surface area contributed by atoms with E-state index in [1.807, 2.05) is 4.88 Å². The van der Waals surface area contributed by atoms with E-state index in [4.69, 9.17) is 0 Å². The molecule has 10 saturated heterocycles. The number of likely N-dealkylation sites (N-methyl/N-ethyl adjacent to an activating group) is 1. The summed E-state index contributed by atoms with van der Waals surface area (Å²) in [6.45, 7) is -3.13. The van der Waals surface area contributed by atoms with Crippen molar-refractivity contribution in [2.45, 2.75) is 47.3 Å². The van der Waals surface area contributed by atoms with E-state index in [9.17, 15) is 0 Å². The van der Waals surface area contributed by atoms with Crippen LogP contribution < -0.4 is 0 Å². The van der Waals surface area contributed by atoms with Crippen LogP contribution >= 0.6 is 11.3 Å². The van der Waals surface area contributed by atoms with Crippen molar-refractivity contribution < 1.29 is 6.51 Å². The van der Waals surface area contributed by atoms with Gasteiger partial charge in [-0.15, -0.1) is 0 Å². The molecule has 1 aromatic rings. The molecular weight excluding hydrogens is 294 g/mol. The normalized spacial score (nSPS) is 112. The van der Waals surface area contributed by atoms with E-state index in [1.54, 1.807) is 0 Å². The fourth-order valence-electron chi connectivity index (χ4n) is 18.9. The first-order valence-corrected chi connectivity index (χ1v) is 15.0. The second-order valence-corrected chi connectivity index (χ2v) is 35.7. The molecule has 0 radical (unpaired) electrons. The molecule has 0 aliphatic carbocycles. The van der Waals surface area contributed by atoms with Gasteiger partial charge in [0.15, 0.2) is 0 Å². The summed E-state index contributed by atoms with van der Waals surface area (Å²) in [6.07, 6.45) is 0. The van der Waals surface area contributed by atoms with E-state index in [-0.39, 0.29) is 0 Å². The van der Waals surface area contributed by atoms with E-state index in [0.29, 0.717) is 0 Å². The van der Waals surface area contributed by atoms with Crippen molar-refractivity contribution in [3.8, 4) is 0 Å². The molecule has 11 rings (SSSR count). The third kappa shape index (κ3) is 0.0785. The molecule has 0 aromatic carbocycles. The van der Waals surface area contributed by atoms with Crippen LogP contribution in [0.5, 0.6) is 0 Å². The summed E-state index contributed by atoms with van der Waals surface area (Å²) in [4.78, 5) is 15.9. The van der Waals surface area contributed by atoms with Crippen molar-refractivity contribution in [1.29, 1.82) is 0 Å². The number of fused-ring (bicyclic) bond motifs is 10. The van der Waals surface area contributed by atoms with Gasteiger partial charge >= 0.3 is 107 Å². The fraction of sp³-hybridized carbons (Fsp3) is 0.750. The molecule has 0 saturated carbocycles. The zero-order valence-electron chi connectivity index (χ0n) is 11.1. The Morgan fingerprint density at radius 1 is 1.05 bits per heavy atom. The van der Waals surface area contributed by atoms with Crippen molar-refractivity contribution >= 4 is 11.3 Å². The topological polar surface area (TPSA) is 3.24 Å². The minimum absolute atomic E-state index is 0.858. The van der Waals surface area contributed by atoms with Crippen molar-refractivity contribution in [2.75, 3.05) is 14.1 Å². The van der Waals surface area contributed by atoms with Crippen LogP contribution in [0.4, 0.5) is 0 Å². The van der Waals surface area contributed by atoms with Gasteiger partial charge < -0.3 is 0 Å². The van der Waals surface area contributed by atoms with Crippen LogP contribution in [-0.4, -0.2) is 23.4 Å². The summed E-state index contributed by atoms with van der Waals surface area (Å²) in [6, 6.07) is 4.92. The summed E-state index contributed by atoms with van der Waals surface area (Å²) in [5.41, 5.74) is 0. The third-order valence-corrected chi connectivity index (χ3v) is 60.3. The van der Waals surface area contributed by atoms with Gasteiger partial charge in [-0.2, -0.15) is 0 Å². The van der Waals surface area contributed by atoms with E-state index >= 15 is 0 Å². The van der Waals surface area contributed by atoms with Crippen molar-refractivity contribution in [3.63, 3.8) is 0 Å². The van der Waals surface area contributed by atoms with Crippen molar-refractivity contribution in [1.82, 2.24) is 4.90 Å². The average molecular weight is 311 g/mol. The molecule has 100 valence electrons. The first-order valence-electron chi connectivity index (χ1n) is 7.91. The van der Waals surface area contributed by atoms with Gasteiger partial charge in [-0.25, -0.2) is 0 Å². The number of rotatable bonds is 2. The predicted octanol–water partition coefficient (Wildman–Crippen LogP) is 4.01. The molecule has 5 unspecified atom stereocenters. The molecule has 11 heterocycles. The van der Waals surface area contributed by atoms with E-state index < -0.39 is 6.51 Å². The summed E-state index contributed by atoms with van der Waals surface area (Å²) in [5.74, 6) is 0. The first kappa shape index (κ1) is 7.44. The van der Waals surface area contributed by atoms with Crippen LogP contribution in [0.3, 0.4) is 0 Å². The maximum atomic E-state index is 2.85. The molecule has 1 spiro atoms. The number of hydrogen-bond donors (Lipinski definition) is 0. The summed E-state index contributed by atoms with van der Waals surface area (Å²) in [5, 5.41) is 2.38. The molecular formula is C16H17FeNS. The molecule has 10 fully saturated rings. The Balaban J connectivity index is 1.64. The van der Waals surface area contributed by atoms with E-state index in [1.165, 1.54) is 38.5 Å². The van der Waals surface area contributed by atoms with Crippen LogP contribution in [0.2, 0.25) is 38.5 Å². The Morgan fingerprint density at radius 2 is 1.74 bits per heavy atom. The molecule has 1 nitrogen and oxygen atoms in total. The molecule has 0 bridgehead atoms. The van der Waals surface area contributed by atoms with Crippen LogP contribution in [0.25, 0.3) is 0 Å². The second kappa shape index (κ2) is 0.645. The number of nitrogens with zero attached hydrogens (tertiary/aromatic N) is 1. The molecule has 10 aliphatic rings. The van der Waals surface area contributed by atoms with Gasteiger partial charge in [-0.1, -0.05) is 0 Å². The van der Waals surface area contributed by atoms with Gasteiger partial charge in [0, 0.05) is 0 Å². The van der Waals surface area contributed by atoms with Gasteiger partial charge in [-0.3, -0.25) is 0 Å². The summed E-state index contributed by atoms with van der Waals surface area (Å²) < 4.78 is 1.74. The molecule has 5 atom stereocenters. The number of hydrogen-bond acceptors (Lipinski definition) is 2. The zero-order valence-corrected chi connectivity index (χ0v) is 13.0. The van der Waals surface area contributed by atoms with Gasteiger partial charge in [-0.05, 0) is 0 Å². The molecule has 19 heavy (non-hydrogen) atoms. The third-order valence-electron chi connectivity index (χ3n) is 16.3. The van der Waals surface area contributed by atoms with E-state index in [2.05, 4.69) is 47.8 Å². The van der Waals surface area contributed by atoms with Gasteiger partial charge in [0.1, 0.15) is 0 Å². The fourth-order valence-corrected chi connectivity index (χ4v) is 98.2. The number of thiophene rings is 1. The zero-order chi connectivity index (χ0) is 11.9. The van der Waals surface area contributed by atoms with Crippen molar-refractivity contribution in [2.24, 2.45) is 0 Å².